The topological polar surface area (TPSA) is 72.6 Å². The molecule has 21 heavy (non-hydrogen) atoms. The number of carboxylic acid groups (broad SMARTS) is 1. The summed E-state index contributed by atoms with van der Waals surface area (Å²) >= 11 is 0. The highest BCUT2D eigenvalue weighted by molar-refractivity contribution is 5.74. The van der Waals surface area contributed by atoms with Gasteiger partial charge < -0.3 is 14.3 Å². The molecule has 0 fully saturated rings. The van der Waals surface area contributed by atoms with Crippen LogP contribution in [-0.4, -0.2) is 16.2 Å². The largest absolute Gasteiger partial charge is 0.512 e. The van der Waals surface area contributed by atoms with Gasteiger partial charge in [0.05, 0.1) is 0 Å². The zero-order valence-electron chi connectivity index (χ0n) is 10.9. The number of carbonyl (C=O) groups is 1. The molecule has 1 aromatic heterocycles. The molecule has 0 amide bonds. The summed E-state index contributed by atoms with van der Waals surface area (Å²) in [5, 5.41) is 8.69. The van der Waals surface area contributed by atoms with Crippen LogP contribution in [0.25, 0.3) is 22.5 Å². The lowest BCUT2D eigenvalue weighted by molar-refractivity contribution is 0.143. The van der Waals surface area contributed by atoms with E-state index >= 15 is 0 Å². The van der Waals surface area contributed by atoms with Gasteiger partial charge in [-0.1, -0.05) is 48.5 Å². The molecule has 0 bridgehead atoms. The first-order chi connectivity index (χ1) is 10.2. The average molecular weight is 281 g/mol. The number of benzene rings is 2. The molecule has 2 aromatic carbocycles. The molecule has 0 atom stereocenters. The predicted octanol–water partition coefficient (Wildman–Crippen LogP) is 4.07. The first-order valence-corrected chi connectivity index (χ1v) is 6.24. The summed E-state index contributed by atoms with van der Waals surface area (Å²) in [6.07, 6.45) is -0.271. The van der Waals surface area contributed by atoms with Gasteiger partial charge in [0.2, 0.25) is 0 Å². The maximum atomic E-state index is 10.6. The standard InChI is InChI=1S/C16H11NO4/c18-16(19)21-15-14(20-10-17-15)13-8-4-7-12(9-13)11-5-2-1-3-6-11/h1-10H,(H,18,19). The van der Waals surface area contributed by atoms with Crippen LogP contribution in [0, 0.1) is 0 Å². The number of ether oxygens (including phenoxy) is 1. The summed E-state index contributed by atoms with van der Waals surface area (Å²) in [6.45, 7) is 0. The van der Waals surface area contributed by atoms with Crippen LogP contribution < -0.4 is 4.74 Å². The van der Waals surface area contributed by atoms with Crippen LogP contribution in [0.4, 0.5) is 4.79 Å². The molecular weight excluding hydrogens is 270 g/mol. The van der Waals surface area contributed by atoms with Gasteiger partial charge in [0.25, 0.3) is 5.88 Å². The Morgan fingerprint density at radius 2 is 1.71 bits per heavy atom. The number of oxazole rings is 1. The molecule has 0 spiro atoms. The highest BCUT2D eigenvalue weighted by Crippen LogP contribution is 2.31. The van der Waals surface area contributed by atoms with Crippen molar-refractivity contribution in [1.82, 2.24) is 4.98 Å². The van der Waals surface area contributed by atoms with Crippen LogP contribution in [0.2, 0.25) is 0 Å². The van der Waals surface area contributed by atoms with Gasteiger partial charge in [-0.2, -0.15) is 4.98 Å². The lowest BCUT2D eigenvalue weighted by Gasteiger charge is -2.04. The van der Waals surface area contributed by atoms with Crippen molar-refractivity contribution in [2.45, 2.75) is 0 Å². The van der Waals surface area contributed by atoms with E-state index in [-0.39, 0.29) is 11.6 Å². The summed E-state index contributed by atoms with van der Waals surface area (Å²) < 4.78 is 9.84. The van der Waals surface area contributed by atoms with Crippen LogP contribution in [0.3, 0.4) is 0 Å². The van der Waals surface area contributed by atoms with Crippen LogP contribution in [0.15, 0.2) is 65.4 Å². The Hall–Kier alpha value is -3.08. The number of hydrogen-bond donors (Lipinski definition) is 1. The van der Waals surface area contributed by atoms with E-state index in [2.05, 4.69) is 9.72 Å². The number of aromatic nitrogens is 1. The third kappa shape index (κ3) is 2.76. The Morgan fingerprint density at radius 1 is 1.00 bits per heavy atom. The molecule has 1 heterocycles. The van der Waals surface area contributed by atoms with Gasteiger partial charge in [0.1, 0.15) is 0 Å². The van der Waals surface area contributed by atoms with E-state index in [0.717, 1.165) is 17.5 Å². The lowest BCUT2D eigenvalue weighted by atomic mass is 10.0. The fourth-order valence-corrected chi connectivity index (χ4v) is 2.05. The average Bonchev–Trinajstić information content (AvgIpc) is 2.96. The third-order valence-corrected chi connectivity index (χ3v) is 2.95. The van der Waals surface area contributed by atoms with Crippen molar-refractivity contribution in [2.24, 2.45) is 0 Å². The number of rotatable bonds is 3. The highest BCUT2D eigenvalue weighted by Gasteiger charge is 2.15. The van der Waals surface area contributed by atoms with Gasteiger partial charge in [-0.25, -0.2) is 4.79 Å². The molecule has 1 N–H and O–H groups in total. The molecule has 104 valence electrons. The van der Waals surface area contributed by atoms with Gasteiger partial charge in [-0.05, 0) is 17.2 Å². The normalized spacial score (nSPS) is 10.3. The van der Waals surface area contributed by atoms with Gasteiger partial charge in [0, 0.05) is 5.56 Å². The first kappa shape index (κ1) is 12.9. The molecule has 0 aliphatic rings. The fraction of sp³-hybridized carbons (Fsp3) is 0. The second-order valence-corrected chi connectivity index (χ2v) is 4.30. The minimum absolute atomic E-state index is 0.0623. The Labute approximate surface area is 120 Å². The van der Waals surface area contributed by atoms with Gasteiger partial charge in [-0.15, -0.1) is 0 Å². The molecule has 5 heteroatoms. The van der Waals surface area contributed by atoms with E-state index in [1.54, 1.807) is 0 Å². The second kappa shape index (κ2) is 5.50. The quantitative estimate of drug-likeness (QED) is 0.733. The van der Waals surface area contributed by atoms with Crippen molar-refractivity contribution < 1.29 is 19.1 Å². The van der Waals surface area contributed by atoms with Crippen molar-refractivity contribution >= 4 is 6.16 Å². The lowest BCUT2D eigenvalue weighted by Crippen LogP contribution is -2.03. The molecule has 0 aliphatic carbocycles. The van der Waals surface area contributed by atoms with E-state index in [0.29, 0.717) is 5.56 Å². The predicted molar refractivity (Wildman–Crippen MR) is 76.0 cm³/mol. The molecule has 0 unspecified atom stereocenters. The maximum Gasteiger partial charge on any atom is 0.512 e. The number of nitrogens with zero attached hydrogens (tertiary/aromatic N) is 1. The van der Waals surface area contributed by atoms with Gasteiger partial charge >= 0.3 is 6.16 Å². The molecule has 0 saturated heterocycles. The van der Waals surface area contributed by atoms with Crippen LogP contribution in [0.1, 0.15) is 0 Å². The van der Waals surface area contributed by atoms with Crippen LogP contribution in [0.5, 0.6) is 5.88 Å². The van der Waals surface area contributed by atoms with Gasteiger partial charge in [0.15, 0.2) is 12.2 Å². The molecule has 0 saturated carbocycles. The van der Waals surface area contributed by atoms with E-state index < -0.39 is 6.16 Å². The summed E-state index contributed by atoms with van der Waals surface area (Å²) in [6, 6.07) is 17.4. The highest BCUT2D eigenvalue weighted by atomic mass is 16.7. The van der Waals surface area contributed by atoms with Crippen molar-refractivity contribution in [3.8, 4) is 28.3 Å². The van der Waals surface area contributed by atoms with Crippen LogP contribution in [-0.2, 0) is 0 Å². The van der Waals surface area contributed by atoms with E-state index in [9.17, 15) is 4.79 Å². The minimum Gasteiger partial charge on any atom is -0.449 e. The van der Waals surface area contributed by atoms with E-state index in [4.69, 9.17) is 9.52 Å². The molecule has 3 rings (SSSR count). The zero-order valence-corrected chi connectivity index (χ0v) is 10.9. The molecule has 0 aliphatic heterocycles. The summed E-state index contributed by atoms with van der Waals surface area (Å²) in [5.74, 6) is 0.225. The zero-order chi connectivity index (χ0) is 14.7. The molecule has 0 radical (unpaired) electrons. The number of hydrogen-bond acceptors (Lipinski definition) is 4. The fourth-order valence-electron chi connectivity index (χ4n) is 2.05. The molecule has 5 nitrogen and oxygen atoms in total. The van der Waals surface area contributed by atoms with Crippen LogP contribution >= 0.6 is 0 Å². The summed E-state index contributed by atoms with van der Waals surface area (Å²) in [5.41, 5.74) is 2.75. The summed E-state index contributed by atoms with van der Waals surface area (Å²) in [7, 11) is 0. The second-order valence-electron chi connectivity index (χ2n) is 4.30. The van der Waals surface area contributed by atoms with E-state index in [1.807, 2.05) is 54.6 Å². The Balaban J connectivity index is 2.01. The Bertz CT molecular complexity index is 765. The monoisotopic (exact) mass is 281 g/mol. The van der Waals surface area contributed by atoms with Gasteiger partial charge in [-0.3, -0.25) is 0 Å². The van der Waals surface area contributed by atoms with Crippen molar-refractivity contribution in [3.05, 3.63) is 61.0 Å². The Morgan fingerprint density at radius 3 is 2.48 bits per heavy atom. The first-order valence-electron chi connectivity index (χ1n) is 6.24. The van der Waals surface area contributed by atoms with Crippen molar-refractivity contribution in [1.29, 1.82) is 0 Å². The smallest absolute Gasteiger partial charge is 0.449 e. The van der Waals surface area contributed by atoms with E-state index in [1.165, 1.54) is 0 Å². The molecule has 3 aromatic rings. The minimum atomic E-state index is -1.43. The molecular formula is C16H11NO4. The SMILES string of the molecule is O=C(O)Oc1ncoc1-c1cccc(-c2ccccc2)c1. The summed E-state index contributed by atoms with van der Waals surface area (Å²) in [4.78, 5) is 14.4. The van der Waals surface area contributed by atoms with Crippen molar-refractivity contribution in [2.75, 3.05) is 0 Å². The third-order valence-electron chi connectivity index (χ3n) is 2.95. The Kier molecular flexibility index (Phi) is 3.39. The van der Waals surface area contributed by atoms with Crippen molar-refractivity contribution in [3.63, 3.8) is 0 Å². The maximum absolute atomic E-state index is 10.6.